The smallest absolute Gasteiger partial charge is 0.242 e. The molecule has 0 saturated carbocycles. The first kappa shape index (κ1) is 13.2. The monoisotopic (exact) mass is 233 g/mol. The molecular weight excluding hydrogens is 214 g/mol. The fourth-order valence-corrected chi connectivity index (χ4v) is 1.16. The van der Waals surface area contributed by atoms with Crippen molar-refractivity contribution in [2.24, 2.45) is 11.0 Å². The summed E-state index contributed by atoms with van der Waals surface area (Å²) in [6.45, 7) is 3.66. The predicted molar refractivity (Wildman–Crippen MR) is 71.3 cm³/mol. The molecule has 1 aromatic rings. The summed E-state index contributed by atoms with van der Waals surface area (Å²) >= 11 is 0. The number of anilines is 1. The Labute approximate surface area is 102 Å². The van der Waals surface area contributed by atoms with Gasteiger partial charge in [0, 0.05) is 25.7 Å². The highest BCUT2D eigenvalue weighted by Crippen LogP contribution is 2.10. The van der Waals surface area contributed by atoms with Crippen LogP contribution in [0.25, 0.3) is 0 Å². The second-order valence-electron chi connectivity index (χ2n) is 4.37. The molecule has 0 atom stereocenters. The summed E-state index contributed by atoms with van der Waals surface area (Å²) in [5.74, 6) is -0.130. The van der Waals surface area contributed by atoms with Gasteiger partial charge in [-0.2, -0.15) is 5.10 Å². The molecule has 0 heterocycles. The molecule has 1 amide bonds. The van der Waals surface area contributed by atoms with E-state index in [0.717, 1.165) is 11.3 Å². The van der Waals surface area contributed by atoms with Gasteiger partial charge in [-0.1, -0.05) is 26.0 Å². The van der Waals surface area contributed by atoms with Crippen LogP contribution in [0.3, 0.4) is 0 Å². The first-order valence-electron chi connectivity index (χ1n) is 5.61. The molecule has 0 aromatic heterocycles. The number of hydrazone groups is 1. The zero-order valence-electron chi connectivity index (χ0n) is 10.8. The number of nitrogens with zero attached hydrogens (tertiary/aromatic N) is 2. The minimum atomic E-state index is -0.0776. The number of nitrogens with one attached hydrogen (secondary N) is 1. The molecule has 0 aliphatic heterocycles. The van der Waals surface area contributed by atoms with Gasteiger partial charge in [-0.05, 0) is 17.7 Å². The van der Waals surface area contributed by atoms with E-state index >= 15 is 0 Å². The third kappa shape index (κ3) is 4.26. The van der Waals surface area contributed by atoms with Gasteiger partial charge in [0.2, 0.25) is 5.91 Å². The second-order valence-corrected chi connectivity index (χ2v) is 4.37. The summed E-state index contributed by atoms with van der Waals surface area (Å²) in [5, 5.41) is 3.90. The number of rotatable bonds is 4. The summed E-state index contributed by atoms with van der Waals surface area (Å²) in [6.07, 6.45) is 1.64. The lowest BCUT2D eigenvalue weighted by Gasteiger charge is -2.11. The third-order valence-electron chi connectivity index (χ3n) is 2.32. The van der Waals surface area contributed by atoms with Gasteiger partial charge < -0.3 is 4.90 Å². The summed E-state index contributed by atoms with van der Waals surface area (Å²) in [4.78, 5) is 13.3. The highest BCUT2D eigenvalue weighted by Gasteiger charge is 2.03. The van der Waals surface area contributed by atoms with Crippen LogP contribution in [-0.4, -0.2) is 26.2 Å². The molecule has 92 valence electrons. The number of carbonyl (C=O) groups excluding carboxylic acids is 1. The molecule has 1 N–H and O–H groups in total. The average Bonchev–Trinajstić information content (AvgIpc) is 2.29. The van der Waals surface area contributed by atoms with E-state index in [1.54, 1.807) is 6.21 Å². The van der Waals surface area contributed by atoms with Crippen LogP contribution in [0, 0.1) is 5.92 Å². The lowest BCUT2D eigenvalue weighted by atomic mass is 10.2. The van der Waals surface area contributed by atoms with Gasteiger partial charge in [0.1, 0.15) is 0 Å². The number of hydrogen-bond acceptors (Lipinski definition) is 3. The van der Waals surface area contributed by atoms with Gasteiger partial charge in [0.05, 0.1) is 6.21 Å². The van der Waals surface area contributed by atoms with Gasteiger partial charge >= 0.3 is 0 Å². The first-order valence-corrected chi connectivity index (χ1v) is 5.61. The molecule has 0 radical (unpaired) electrons. The van der Waals surface area contributed by atoms with Crippen molar-refractivity contribution in [3.05, 3.63) is 29.8 Å². The molecule has 4 nitrogen and oxygen atoms in total. The van der Waals surface area contributed by atoms with E-state index < -0.39 is 0 Å². The quantitative estimate of drug-likeness (QED) is 0.637. The average molecular weight is 233 g/mol. The Bertz CT molecular complexity index is 394. The van der Waals surface area contributed by atoms with Crippen LogP contribution < -0.4 is 10.3 Å². The maximum atomic E-state index is 11.2. The Morgan fingerprint density at radius 2 is 1.88 bits per heavy atom. The van der Waals surface area contributed by atoms with E-state index in [9.17, 15) is 4.79 Å². The molecule has 4 heteroatoms. The lowest BCUT2D eigenvalue weighted by molar-refractivity contribution is -0.123. The summed E-state index contributed by atoms with van der Waals surface area (Å²) in [5.41, 5.74) is 4.58. The van der Waals surface area contributed by atoms with E-state index in [1.807, 2.05) is 57.1 Å². The van der Waals surface area contributed by atoms with Gasteiger partial charge in [-0.25, -0.2) is 5.43 Å². The van der Waals surface area contributed by atoms with Gasteiger partial charge in [0.15, 0.2) is 0 Å². The minimum absolute atomic E-state index is 0.0525. The van der Waals surface area contributed by atoms with Crippen molar-refractivity contribution in [2.75, 3.05) is 19.0 Å². The van der Waals surface area contributed by atoms with Crippen molar-refractivity contribution >= 4 is 17.8 Å². The van der Waals surface area contributed by atoms with Crippen molar-refractivity contribution in [1.29, 1.82) is 0 Å². The lowest BCUT2D eigenvalue weighted by Crippen LogP contribution is -2.22. The van der Waals surface area contributed by atoms with Gasteiger partial charge in [0.25, 0.3) is 0 Å². The maximum absolute atomic E-state index is 11.2. The zero-order chi connectivity index (χ0) is 12.8. The van der Waals surface area contributed by atoms with Crippen molar-refractivity contribution in [1.82, 2.24) is 5.43 Å². The SMILES string of the molecule is CC(C)C(=O)NN=Cc1ccc(N(C)C)cc1. The second kappa shape index (κ2) is 6.03. The predicted octanol–water partition coefficient (Wildman–Crippen LogP) is 1.86. The molecule has 0 spiro atoms. The fraction of sp³-hybridized carbons (Fsp3) is 0.385. The molecule has 1 rings (SSSR count). The van der Waals surface area contributed by atoms with Crippen molar-refractivity contribution in [3.63, 3.8) is 0 Å². The van der Waals surface area contributed by atoms with E-state index in [0.29, 0.717) is 0 Å². The standard InChI is InChI=1S/C13H19N3O/c1-10(2)13(17)15-14-9-11-5-7-12(8-6-11)16(3)4/h5-10H,1-4H3,(H,15,17). The Hall–Kier alpha value is -1.84. The first-order chi connectivity index (χ1) is 8.00. The van der Waals surface area contributed by atoms with E-state index in [-0.39, 0.29) is 11.8 Å². The topological polar surface area (TPSA) is 44.7 Å². The highest BCUT2D eigenvalue weighted by molar-refractivity contribution is 5.83. The molecule has 0 aliphatic rings. The van der Waals surface area contributed by atoms with Crippen LogP contribution in [0.4, 0.5) is 5.69 Å². The Kier molecular flexibility index (Phi) is 4.69. The van der Waals surface area contributed by atoms with Crippen LogP contribution >= 0.6 is 0 Å². The number of hydrogen-bond donors (Lipinski definition) is 1. The van der Waals surface area contributed by atoms with Crippen molar-refractivity contribution in [3.8, 4) is 0 Å². The number of amides is 1. The molecule has 0 saturated heterocycles. The Morgan fingerprint density at radius 3 is 2.35 bits per heavy atom. The molecule has 0 aliphatic carbocycles. The molecule has 0 unspecified atom stereocenters. The van der Waals surface area contributed by atoms with E-state index in [2.05, 4.69) is 10.5 Å². The summed E-state index contributed by atoms with van der Waals surface area (Å²) in [6, 6.07) is 7.93. The largest absolute Gasteiger partial charge is 0.378 e. The number of benzene rings is 1. The third-order valence-corrected chi connectivity index (χ3v) is 2.32. The highest BCUT2D eigenvalue weighted by atomic mass is 16.2. The molecule has 17 heavy (non-hydrogen) atoms. The van der Waals surface area contributed by atoms with E-state index in [4.69, 9.17) is 0 Å². The van der Waals surface area contributed by atoms with Crippen molar-refractivity contribution in [2.45, 2.75) is 13.8 Å². The Balaban J connectivity index is 2.57. The molecule has 0 bridgehead atoms. The number of carbonyl (C=O) groups is 1. The van der Waals surface area contributed by atoms with Crippen LogP contribution in [0.1, 0.15) is 19.4 Å². The van der Waals surface area contributed by atoms with Crippen LogP contribution in [0.5, 0.6) is 0 Å². The fourth-order valence-electron chi connectivity index (χ4n) is 1.16. The normalized spacial score (nSPS) is 10.9. The van der Waals surface area contributed by atoms with Crippen LogP contribution in [-0.2, 0) is 4.79 Å². The molecule has 1 aromatic carbocycles. The zero-order valence-corrected chi connectivity index (χ0v) is 10.8. The minimum Gasteiger partial charge on any atom is -0.378 e. The van der Waals surface area contributed by atoms with Gasteiger partial charge in [-0.3, -0.25) is 4.79 Å². The summed E-state index contributed by atoms with van der Waals surface area (Å²) in [7, 11) is 3.98. The maximum Gasteiger partial charge on any atom is 0.242 e. The van der Waals surface area contributed by atoms with Crippen molar-refractivity contribution < 1.29 is 4.79 Å². The molecule has 0 fully saturated rings. The van der Waals surface area contributed by atoms with Crippen LogP contribution in [0.15, 0.2) is 29.4 Å². The van der Waals surface area contributed by atoms with E-state index in [1.165, 1.54) is 0 Å². The summed E-state index contributed by atoms with van der Waals surface area (Å²) < 4.78 is 0. The Morgan fingerprint density at radius 1 is 1.29 bits per heavy atom. The molecular formula is C13H19N3O. The van der Waals surface area contributed by atoms with Gasteiger partial charge in [-0.15, -0.1) is 0 Å². The van der Waals surface area contributed by atoms with Crippen LogP contribution in [0.2, 0.25) is 0 Å².